The summed E-state index contributed by atoms with van der Waals surface area (Å²) < 4.78 is 5.18. The largest absolute Gasteiger partial charge is 0.338 e. The first-order chi connectivity index (χ1) is 9.24. The normalized spacial score (nSPS) is 12.7. The van der Waals surface area contributed by atoms with Crippen LogP contribution in [0, 0.1) is 6.92 Å². The molecule has 0 amide bonds. The van der Waals surface area contributed by atoms with Crippen LogP contribution in [-0.2, 0) is 0 Å². The van der Waals surface area contributed by atoms with Crippen LogP contribution in [0.1, 0.15) is 23.9 Å². The molecule has 3 rings (SSSR count). The minimum absolute atomic E-state index is 0.0551. The maximum absolute atomic E-state index is 5.18. The van der Waals surface area contributed by atoms with Crippen LogP contribution in [0.4, 0.5) is 0 Å². The van der Waals surface area contributed by atoms with Crippen molar-refractivity contribution in [3.63, 3.8) is 0 Å². The molecule has 0 N–H and O–H groups in total. The van der Waals surface area contributed by atoms with Gasteiger partial charge in [0, 0.05) is 5.39 Å². The fourth-order valence-electron chi connectivity index (χ4n) is 1.77. The second-order valence-corrected chi connectivity index (χ2v) is 5.47. The quantitative estimate of drug-likeness (QED) is 0.539. The predicted octanol–water partition coefficient (Wildman–Crippen LogP) is 3.17. The third-order valence-electron chi connectivity index (χ3n) is 2.69. The summed E-state index contributed by atoms with van der Waals surface area (Å²) in [5, 5.41) is 5.83. The van der Waals surface area contributed by atoms with Gasteiger partial charge in [-0.15, -0.1) is 0 Å². The average Bonchev–Trinajstić information content (AvgIpc) is 2.86. The van der Waals surface area contributed by atoms with E-state index in [0.29, 0.717) is 11.7 Å². The lowest BCUT2D eigenvalue weighted by atomic mass is 10.2. The monoisotopic (exact) mass is 272 g/mol. The Hall–Kier alpha value is -1.95. The van der Waals surface area contributed by atoms with Crippen molar-refractivity contribution in [2.24, 2.45) is 0 Å². The molecule has 96 valence electrons. The average molecular weight is 272 g/mol. The molecule has 1 unspecified atom stereocenters. The van der Waals surface area contributed by atoms with E-state index in [1.807, 2.05) is 38.1 Å². The molecule has 2 heterocycles. The van der Waals surface area contributed by atoms with Gasteiger partial charge < -0.3 is 4.52 Å². The molecule has 3 aromatic rings. The van der Waals surface area contributed by atoms with Gasteiger partial charge in [-0.3, -0.25) is 0 Å². The fourth-order valence-corrected chi connectivity index (χ4v) is 2.71. The van der Waals surface area contributed by atoms with Gasteiger partial charge >= 0.3 is 0 Å². The number of nitrogens with zero attached hydrogens (tertiary/aromatic N) is 4. The molecule has 0 saturated carbocycles. The summed E-state index contributed by atoms with van der Waals surface area (Å²) in [5.74, 6) is 1.26. The van der Waals surface area contributed by atoms with Crippen LogP contribution in [0.25, 0.3) is 10.9 Å². The second kappa shape index (κ2) is 4.97. The third-order valence-corrected chi connectivity index (χ3v) is 3.79. The zero-order valence-electron chi connectivity index (χ0n) is 10.6. The molecule has 19 heavy (non-hydrogen) atoms. The SMILES string of the molecule is Cc1noc(C(C)Sc2ncnc3ccccc23)n1. The van der Waals surface area contributed by atoms with E-state index in [1.54, 1.807) is 18.1 Å². The number of aromatic nitrogens is 4. The molecule has 0 saturated heterocycles. The third kappa shape index (κ3) is 2.44. The zero-order chi connectivity index (χ0) is 13.2. The highest BCUT2D eigenvalue weighted by atomic mass is 32.2. The van der Waals surface area contributed by atoms with E-state index in [9.17, 15) is 0 Å². The number of rotatable bonds is 3. The summed E-state index contributed by atoms with van der Waals surface area (Å²) in [5.41, 5.74) is 0.939. The van der Waals surface area contributed by atoms with E-state index in [1.165, 1.54) is 0 Å². The van der Waals surface area contributed by atoms with Gasteiger partial charge in [0.15, 0.2) is 5.82 Å². The smallest absolute Gasteiger partial charge is 0.239 e. The highest BCUT2D eigenvalue weighted by molar-refractivity contribution is 7.99. The summed E-state index contributed by atoms with van der Waals surface area (Å²) in [6.45, 7) is 3.83. The summed E-state index contributed by atoms with van der Waals surface area (Å²) in [7, 11) is 0. The van der Waals surface area contributed by atoms with Crippen LogP contribution >= 0.6 is 11.8 Å². The zero-order valence-corrected chi connectivity index (χ0v) is 11.4. The Kier molecular flexibility index (Phi) is 3.16. The van der Waals surface area contributed by atoms with E-state index in [-0.39, 0.29) is 5.25 Å². The Morgan fingerprint density at radius 1 is 1.21 bits per heavy atom. The number of fused-ring (bicyclic) bond motifs is 1. The van der Waals surface area contributed by atoms with E-state index in [2.05, 4.69) is 20.1 Å². The molecule has 0 aliphatic heterocycles. The van der Waals surface area contributed by atoms with Crippen molar-refractivity contribution in [1.82, 2.24) is 20.1 Å². The molecule has 0 aliphatic carbocycles. The number of hydrogen-bond donors (Lipinski definition) is 0. The first kappa shape index (κ1) is 12.1. The van der Waals surface area contributed by atoms with Gasteiger partial charge in [0.1, 0.15) is 11.4 Å². The minimum Gasteiger partial charge on any atom is -0.338 e. The Morgan fingerprint density at radius 2 is 2.05 bits per heavy atom. The molecule has 0 bridgehead atoms. The van der Waals surface area contributed by atoms with Crippen LogP contribution < -0.4 is 0 Å². The van der Waals surface area contributed by atoms with Crippen LogP contribution in [0.5, 0.6) is 0 Å². The Labute approximate surface area is 114 Å². The van der Waals surface area contributed by atoms with Gasteiger partial charge in [-0.05, 0) is 19.9 Å². The Bertz CT molecular complexity index is 707. The standard InChI is InChI=1S/C13H12N4OS/c1-8(12-16-9(2)17-18-12)19-13-10-5-3-4-6-11(10)14-7-15-13/h3-8H,1-2H3. The van der Waals surface area contributed by atoms with Gasteiger partial charge in [-0.25, -0.2) is 9.97 Å². The fraction of sp³-hybridized carbons (Fsp3) is 0.231. The van der Waals surface area contributed by atoms with Crippen molar-refractivity contribution in [2.45, 2.75) is 24.1 Å². The van der Waals surface area contributed by atoms with Crippen molar-refractivity contribution in [3.05, 3.63) is 42.3 Å². The van der Waals surface area contributed by atoms with E-state index >= 15 is 0 Å². The lowest BCUT2D eigenvalue weighted by molar-refractivity contribution is 0.376. The maximum atomic E-state index is 5.18. The topological polar surface area (TPSA) is 64.7 Å². The highest BCUT2D eigenvalue weighted by Crippen LogP contribution is 2.35. The van der Waals surface area contributed by atoms with Crippen LogP contribution in [0.15, 0.2) is 40.1 Å². The van der Waals surface area contributed by atoms with E-state index in [4.69, 9.17) is 4.52 Å². The summed E-state index contributed by atoms with van der Waals surface area (Å²) >= 11 is 1.59. The predicted molar refractivity (Wildman–Crippen MR) is 72.8 cm³/mol. The Morgan fingerprint density at radius 3 is 2.84 bits per heavy atom. The highest BCUT2D eigenvalue weighted by Gasteiger charge is 2.16. The molecule has 0 spiro atoms. The molecular weight excluding hydrogens is 260 g/mol. The number of benzene rings is 1. The molecule has 1 atom stereocenters. The number of para-hydroxylation sites is 1. The minimum atomic E-state index is 0.0551. The van der Waals surface area contributed by atoms with E-state index < -0.39 is 0 Å². The van der Waals surface area contributed by atoms with Crippen LogP contribution in [0.2, 0.25) is 0 Å². The van der Waals surface area contributed by atoms with E-state index in [0.717, 1.165) is 15.9 Å². The number of hydrogen-bond acceptors (Lipinski definition) is 6. The van der Waals surface area contributed by atoms with Gasteiger partial charge in [-0.1, -0.05) is 35.1 Å². The summed E-state index contributed by atoms with van der Waals surface area (Å²) in [4.78, 5) is 12.8. The van der Waals surface area contributed by atoms with Gasteiger partial charge in [0.25, 0.3) is 0 Å². The van der Waals surface area contributed by atoms with Crippen molar-refractivity contribution in [2.75, 3.05) is 0 Å². The van der Waals surface area contributed by atoms with Crippen molar-refractivity contribution in [3.8, 4) is 0 Å². The van der Waals surface area contributed by atoms with Crippen molar-refractivity contribution < 1.29 is 4.52 Å². The van der Waals surface area contributed by atoms with Gasteiger partial charge in [0.05, 0.1) is 10.8 Å². The van der Waals surface area contributed by atoms with Crippen LogP contribution in [-0.4, -0.2) is 20.1 Å². The lowest BCUT2D eigenvalue weighted by Crippen LogP contribution is -1.92. The summed E-state index contributed by atoms with van der Waals surface area (Å²) in [6.07, 6.45) is 1.58. The second-order valence-electron chi connectivity index (χ2n) is 4.14. The molecule has 0 aliphatic rings. The Balaban J connectivity index is 1.93. The van der Waals surface area contributed by atoms with Crippen molar-refractivity contribution in [1.29, 1.82) is 0 Å². The van der Waals surface area contributed by atoms with Gasteiger partial charge in [0.2, 0.25) is 5.89 Å². The summed E-state index contributed by atoms with van der Waals surface area (Å²) in [6, 6.07) is 7.94. The molecular formula is C13H12N4OS. The first-order valence-corrected chi connectivity index (χ1v) is 6.78. The van der Waals surface area contributed by atoms with Crippen molar-refractivity contribution >= 4 is 22.7 Å². The number of aryl methyl sites for hydroxylation is 1. The number of thioether (sulfide) groups is 1. The molecule has 5 nitrogen and oxygen atoms in total. The molecule has 0 fully saturated rings. The molecule has 0 radical (unpaired) electrons. The maximum Gasteiger partial charge on any atom is 0.239 e. The van der Waals surface area contributed by atoms with Gasteiger partial charge in [-0.2, -0.15) is 4.98 Å². The molecule has 2 aromatic heterocycles. The first-order valence-electron chi connectivity index (χ1n) is 5.90. The molecule has 6 heteroatoms. The van der Waals surface area contributed by atoms with Crippen LogP contribution in [0.3, 0.4) is 0 Å². The lowest BCUT2D eigenvalue weighted by Gasteiger charge is -2.07. The molecule has 1 aromatic carbocycles.